The molecule has 2 fully saturated rings. The van der Waals surface area contributed by atoms with E-state index in [1.807, 2.05) is 12.1 Å². The monoisotopic (exact) mass is 487 g/mol. The first-order valence-electron chi connectivity index (χ1n) is 12.1. The van der Waals surface area contributed by atoms with Crippen molar-refractivity contribution in [3.05, 3.63) is 40.4 Å². The van der Waals surface area contributed by atoms with Crippen molar-refractivity contribution in [2.75, 3.05) is 42.3 Å². The lowest BCUT2D eigenvalue weighted by atomic mass is 9.77. The molecule has 1 unspecified atom stereocenters. The van der Waals surface area contributed by atoms with Gasteiger partial charge in [0.1, 0.15) is 5.82 Å². The Morgan fingerprint density at radius 1 is 1.18 bits per heavy atom. The number of nitrogens with zero attached hydrogens (tertiary/aromatic N) is 2. The molecule has 0 bridgehead atoms. The first kappa shape index (κ1) is 21.7. The highest BCUT2D eigenvalue weighted by atomic mass is 35.5. The molecule has 4 aliphatic rings. The molecule has 1 saturated carbocycles. The summed E-state index contributed by atoms with van der Waals surface area (Å²) in [5.74, 6) is 3.84. The van der Waals surface area contributed by atoms with Crippen LogP contribution in [0.2, 0.25) is 5.02 Å². The van der Waals surface area contributed by atoms with E-state index in [1.165, 1.54) is 5.56 Å². The molecule has 6 rings (SSSR count). The van der Waals surface area contributed by atoms with Crippen LogP contribution in [0.1, 0.15) is 61.5 Å². The van der Waals surface area contributed by atoms with Crippen LogP contribution >= 0.6 is 11.6 Å². The second-order valence-electron chi connectivity index (χ2n) is 9.93. The molecule has 2 aromatic rings. The summed E-state index contributed by atoms with van der Waals surface area (Å²) in [4.78, 5) is 8.20. The topological polar surface area (TPSA) is 74.7 Å². The van der Waals surface area contributed by atoms with Crippen LogP contribution in [0.25, 0.3) is 0 Å². The van der Waals surface area contributed by atoms with Gasteiger partial charge in [-0.1, -0.05) is 23.7 Å². The van der Waals surface area contributed by atoms with E-state index >= 15 is 0 Å². The predicted molar refractivity (Wildman–Crippen MR) is 131 cm³/mol. The molecule has 6 nitrogen and oxygen atoms in total. The minimum Gasteiger partial charge on any atom is -0.489 e. The number of nitrogens with one attached hydrogen (secondary N) is 1. The number of aliphatic hydroxyl groups is 1. The van der Waals surface area contributed by atoms with Crippen molar-refractivity contribution >= 4 is 34.0 Å². The van der Waals surface area contributed by atoms with Crippen molar-refractivity contribution in [2.45, 2.75) is 60.8 Å². The minimum absolute atomic E-state index is 0.0690. The minimum atomic E-state index is -1.09. The zero-order valence-corrected chi connectivity index (χ0v) is 20.3. The third-order valence-electron chi connectivity index (χ3n) is 7.96. The molecule has 0 spiro atoms. The number of hydrogen-bond donors (Lipinski definition) is 2. The Bertz CT molecular complexity index is 1080. The van der Waals surface area contributed by atoms with Crippen LogP contribution in [0, 0.1) is 0 Å². The molecule has 3 aliphatic heterocycles. The lowest BCUT2D eigenvalue weighted by Gasteiger charge is -2.42. The number of ether oxygens (including phenoxy) is 1. The standard InChI is InChI=1S/C25H30ClN3O3S/c26-19-4-2-16(3-5-19)17-6-11-29(12-7-17)24-21-20-18(8-13-32-21)14-33(31)22(20)23(27-24)28-25(15-30)9-1-10-25/h2-5,17-18,30H,1,6-15H2,(H,27,28)/t18?,33-/m1/s1. The SMILES string of the molecule is O=[S@@]1CC2CCOc3c(N4CCC(c5ccc(Cl)cc5)CC4)nc(NC4(CO)CCC4)c1c32. The van der Waals surface area contributed by atoms with E-state index in [0.717, 1.165) is 78.7 Å². The van der Waals surface area contributed by atoms with Crippen molar-refractivity contribution < 1.29 is 14.1 Å². The number of aromatic nitrogens is 1. The van der Waals surface area contributed by atoms with Crippen molar-refractivity contribution in [1.82, 2.24) is 4.98 Å². The van der Waals surface area contributed by atoms with Crippen molar-refractivity contribution in [1.29, 1.82) is 0 Å². The van der Waals surface area contributed by atoms with Crippen LogP contribution in [0.4, 0.5) is 11.6 Å². The molecular weight excluding hydrogens is 458 g/mol. The largest absolute Gasteiger partial charge is 0.489 e. The number of anilines is 2. The fraction of sp³-hybridized carbons (Fsp3) is 0.560. The Morgan fingerprint density at radius 2 is 1.94 bits per heavy atom. The molecular formula is C25H30ClN3O3S. The van der Waals surface area contributed by atoms with Gasteiger partial charge >= 0.3 is 0 Å². The highest BCUT2D eigenvalue weighted by Gasteiger charge is 2.43. The zero-order chi connectivity index (χ0) is 22.6. The maximum atomic E-state index is 13.1. The van der Waals surface area contributed by atoms with Gasteiger partial charge in [-0.2, -0.15) is 0 Å². The van der Waals surface area contributed by atoms with Gasteiger partial charge in [-0.25, -0.2) is 4.98 Å². The number of rotatable bonds is 5. The molecule has 1 aromatic carbocycles. The summed E-state index contributed by atoms with van der Waals surface area (Å²) in [6.45, 7) is 2.51. The third-order valence-corrected chi connectivity index (χ3v) is 9.78. The fourth-order valence-corrected chi connectivity index (χ4v) is 7.63. The van der Waals surface area contributed by atoms with Gasteiger partial charge in [-0.3, -0.25) is 4.21 Å². The lowest BCUT2D eigenvalue weighted by molar-refractivity contribution is 0.143. The fourth-order valence-electron chi connectivity index (χ4n) is 5.82. The van der Waals surface area contributed by atoms with Crippen molar-refractivity contribution in [3.63, 3.8) is 0 Å². The Labute approximate surface area is 202 Å². The second kappa shape index (κ2) is 8.43. The van der Waals surface area contributed by atoms with Crippen LogP contribution in [0.15, 0.2) is 29.2 Å². The molecule has 1 saturated heterocycles. The molecule has 2 N–H and O–H groups in total. The van der Waals surface area contributed by atoms with Crippen LogP contribution < -0.4 is 15.0 Å². The summed E-state index contributed by atoms with van der Waals surface area (Å²) >= 11 is 6.07. The average Bonchev–Trinajstić information content (AvgIpc) is 3.16. The molecule has 4 heterocycles. The first-order chi connectivity index (χ1) is 16.1. The van der Waals surface area contributed by atoms with Crippen LogP contribution in [0.5, 0.6) is 5.75 Å². The third kappa shape index (κ3) is 3.72. The summed E-state index contributed by atoms with van der Waals surface area (Å²) < 4.78 is 19.3. The molecule has 1 aliphatic carbocycles. The van der Waals surface area contributed by atoms with Gasteiger partial charge in [0.25, 0.3) is 0 Å². The summed E-state index contributed by atoms with van der Waals surface area (Å²) in [6.07, 6.45) is 5.90. The van der Waals surface area contributed by atoms with Crippen molar-refractivity contribution in [3.8, 4) is 5.75 Å². The van der Waals surface area contributed by atoms with E-state index in [-0.39, 0.29) is 18.1 Å². The number of benzene rings is 1. The van der Waals surface area contributed by atoms with Crippen LogP contribution in [-0.2, 0) is 10.8 Å². The predicted octanol–water partition coefficient (Wildman–Crippen LogP) is 4.43. The van der Waals surface area contributed by atoms with Gasteiger partial charge in [0.05, 0.1) is 34.4 Å². The summed E-state index contributed by atoms with van der Waals surface area (Å²) in [7, 11) is -1.09. The second-order valence-corrected chi connectivity index (χ2v) is 11.8. The summed E-state index contributed by atoms with van der Waals surface area (Å²) in [5, 5.41) is 14.4. The Morgan fingerprint density at radius 3 is 2.61 bits per heavy atom. The number of aliphatic hydroxyl groups excluding tert-OH is 1. The van der Waals surface area contributed by atoms with Gasteiger partial charge < -0.3 is 20.1 Å². The van der Waals surface area contributed by atoms with Crippen molar-refractivity contribution in [2.24, 2.45) is 0 Å². The molecule has 2 atom stereocenters. The van der Waals surface area contributed by atoms with E-state index in [4.69, 9.17) is 21.3 Å². The Kier molecular flexibility index (Phi) is 5.54. The van der Waals surface area contributed by atoms with Gasteiger partial charge in [0, 0.05) is 35.3 Å². The van der Waals surface area contributed by atoms with Gasteiger partial charge in [0.15, 0.2) is 11.6 Å². The Balaban J connectivity index is 1.33. The molecule has 0 amide bonds. The molecule has 1 aromatic heterocycles. The van der Waals surface area contributed by atoms with Gasteiger partial charge in [-0.15, -0.1) is 0 Å². The first-order valence-corrected chi connectivity index (χ1v) is 13.8. The highest BCUT2D eigenvalue weighted by molar-refractivity contribution is 7.85. The maximum absolute atomic E-state index is 13.1. The smallest absolute Gasteiger partial charge is 0.173 e. The number of piperidine rings is 1. The lowest BCUT2D eigenvalue weighted by Crippen LogP contribution is -2.48. The summed E-state index contributed by atoms with van der Waals surface area (Å²) in [5.41, 5.74) is 2.10. The molecule has 0 radical (unpaired) electrons. The average molecular weight is 488 g/mol. The van der Waals surface area contributed by atoms with Gasteiger partial charge in [0.2, 0.25) is 0 Å². The zero-order valence-electron chi connectivity index (χ0n) is 18.7. The van der Waals surface area contributed by atoms with E-state index in [0.29, 0.717) is 24.1 Å². The molecule has 33 heavy (non-hydrogen) atoms. The van der Waals surface area contributed by atoms with E-state index in [1.54, 1.807) is 0 Å². The normalized spacial score (nSPS) is 25.8. The Hall–Kier alpha value is -1.83. The van der Waals surface area contributed by atoms with Gasteiger partial charge in [-0.05, 0) is 62.1 Å². The molecule has 176 valence electrons. The van der Waals surface area contributed by atoms with E-state index in [2.05, 4.69) is 22.3 Å². The number of halogens is 1. The summed E-state index contributed by atoms with van der Waals surface area (Å²) in [6, 6.07) is 8.22. The number of pyridine rings is 1. The van der Waals surface area contributed by atoms with Crippen LogP contribution in [0.3, 0.4) is 0 Å². The highest BCUT2D eigenvalue weighted by Crippen LogP contribution is 2.51. The molecule has 8 heteroatoms. The van der Waals surface area contributed by atoms with E-state index < -0.39 is 10.8 Å². The van der Waals surface area contributed by atoms with E-state index in [9.17, 15) is 9.32 Å². The van der Waals surface area contributed by atoms with Crippen LogP contribution in [-0.4, -0.2) is 51.9 Å². The maximum Gasteiger partial charge on any atom is 0.173 e. The quantitative estimate of drug-likeness (QED) is 0.649. The number of hydrogen-bond acceptors (Lipinski definition) is 6.